The smallest absolute Gasteiger partial charge is 0.243 e. The lowest BCUT2D eigenvalue weighted by molar-refractivity contribution is 0.316. The van der Waals surface area contributed by atoms with Gasteiger partial charge in [-0.2, -0.15) is 15.0 Å². The fraction of sp³-hybridized carbons (Fsp3) is 0.769. The Morgan fingerprint density at radius 1 is 1.15 bits per heavy atom. The first kappa shape index (κ1) is 14.8. The number of nitrogens with two attached hydrogens (primary N) is 1. The van der Waals surface area contributed by atoms with Crippen LogP contribution >= 0.6 is 0 Å². The second-order valence-electron chi connectivity index (χ2n) is 5.53. The number of aromatic nitrogens is 3. The van der Waals surface area contributed by atoms with Crippen molar-refractivity contribution < 1.29 is 0 Å². The standard InChI is InChI=1S/C13H25N7/c1-4-9-7-5-6-8-10(9)15-11-16-12(19-14)18-13(17-11)20(2)3/h9-10H,4-8,14H2,1-3H3,(H2,15,16,17,18,19). The zero-order valence-corrected chi connectivity index (χ0v) is 12.6. The molecular weight excluding hydrogens is 254 g/mol. The molecule has 1 aliphatic carbocycles. The quantitative estimate of drug-likeness (QED) is 0.557. The molecule has 112 valence electrons. The van der Waals surface area contributed by atoms with Gasteiger partial charge in [0, 0.05) is 20.1 Å². The van der Waals surface area contributed by atoms with E-state index in [1.165, 1.54) is 32.1 Å². The summed E-state index contributed by atoms with van der Waals surface area (Å²) in [4.78, 5) is 14.8. The number of nitrogens with one attached hydrogen (secondary N) is 2. The molecule has 0 saturated heterocycles. The van der Waals surface area contributed by atoms with Crippen LogP contribution in [0.2, 0.25) is 0 Å². The van der Waals surface area contributed by atoms with Gasteiger partial charge in [-0.3, -0.25) is 5.43 Å². The van der Waals surface area contributed by atoms with Gasteiger partial charge >= 0.3 is 0 Å². The Bertz CT molecular complexity index is 435. The number of anilines is 3. The van der Waals surface area contributed by atoms with E-state index in [0.29, 0.717) is 29.8 Å². The molecule has 0 aromatic carbocycles. The lowest BCUT2D eigenvalue weighted by Crippen LogP contribution is -2.33. The van der Waals surface area contributed by atoms with Crippen LogP contribution < -0.4 is 21.5 Å². The van der Waals surface area contributed by atoms with Gasteiger partial charge in [-0.1, -0.05) is 26.2 Å². The number of hydrogen-bond donors (Lipinski definition) is 3. The second kappa shape index (κ2) is 6.69. The van der Waals surface area contributed by atoms with Crippen LogP contribution in [0.25, 0.3) is 0 Å². The maximum absolute atomic E-state index is 5.43. The van der Waals surface area contributed by atoms with E-state index < -0.39 is 0 Å². The van der Waals surface area contributed by atoms with Gasteiger partial charge in [0.05, 0.1) is 0 Å². The minimum absolute atomic E-state index is 0.384. The molecule has 2 atom stereocenters. The van der Waals surface area contributed by atoms with E-state index in [1.54, 1.807) is 0 Å². The summed E-state index contributed by atoms with van der Waals surface area (Å²) >= 11 is 0. The van der Waals surface area contributed by atoms with Crippen molar-refractivity contribution in [2.75, 3.05) is 29.7 Å². The van der Waals surface area contributed by atoms with Crippen LogP contribution in [0.4, 0.5) is 17.8 Å². The molecule has 2 unspecified atom stereocenters. The summed E-state index contributed by atoms with van der Waals surface area (Å²) in [6.45, 7) is 2.25. The average Bonchev–Trinajstić information content (AvgIpc) is 2.47. The molecule has 0 spiro atoms. The van der Waals surface area contributed by atoms with Gasteiger partial charge in [0.25, 0.3) is 0 Å². The number of hydrazine groups is 1. The van der Waals surface area contributed by atoms with E-state index in [2.05, 4.69) is 32.6 Å². The van der Waals surface area contributed by atoms with Crippen LogP contribution in [0.15, 0.2) is 0 Å². The second-order valence-corrected chi connectivity index (χ2v) is 5.53. The molecule has 1 aromatic rings. The van der Waals surface area contributed by atoms with E-state index in [4.69, 9.17) is 5.84 Å². The topological polar surface area (TPSA) is 92.0 Å². The first-order valence-corrected chi connectivity index (χ1v) is 7.30. The van der Waals surface area contributed by atoms with Crippen molar-refractivity contribution >= 4 is 17.8 Å². The van der Waals surface area contributed by atoms with Crippen molar-refractivity contribution in [2.45, 2.75) is 45.1 Å². The normalized spacial score (nSPS) is 22.4. The highest BCUT2D eigenvalue weighted by atomic mass is 15.4. The van der Waals surface area contributed by atoms with Crippen molar-refractivity contribution in [1.82, 2.24) is 15.0 Å². The summed E-state index contributed by atoms with van der Waals surface area (Å²) in [6.07, 6.45) is 6.23. The van der Waals surface area contributed by atoms with Gasteiger partial charge in [0.2, 0.25) is 17.8 Å². The molecule has 4 N–H and O–H groups in total. The molecule has 1 aromatic heterocycles. The highest BCUT2D eigenvalue weighted by Gasteiger charge is 2.24. The molecule has 1 fully saturated rings. The maximum atomic E-state index is 5.43. The Hall–Kier alpha value is -1.63. The molecule has 2 rings (SSSR count). The van der Waals surface area contributed by atoms with E-state index in [0.717, 1.165) is 0 Å². The fourth-order valence-electron chi connectivity index (χ4n) is 2.75. The van der Waals surface area contributed by atoms with Gasteiger partial charge in [-0.25, -0.2) is 5.84 Å². The zero-order chi connectivity index (χ0) is 14.5. The molecule has 20 heavy (non-hydrogen) atoms. The van der Waals surface area contributed by atoms with Gasteiger partial charge in [0.15, 0.2) is 0 Å². The predicted molar refractivity (Wildman–Crippen MR) is 81.6 cm³/mol. The molecule has 1 saturated carbocycles. The van der Waals surface area contributed by atoms with Crippen LogP contribution in [-0.2, 0) is 0 Å². The molecule has 0 aliphatic heterocycles. The monoisotopic (exact) mass is 279 g/mol. The molecule has 0 bridgehead atoms. The highest BCUT2D eigenvalue weighted by Crippen LogP contribution is 2.29. The summed E-state index contributed by atoms with van der Waals surface area (Å²) in [5.41, 5.74) is 2.50. The summed E-state index contributed by atoms with van der Waals surface area (Å²) in [5.74, 6) is 7.70. The lowest BCUT2D eigenvalue weighted by atomic mass is 9.83. The van der Waals surface area contributed by atoms with Gasteiger partial charge in [0.1, 0.15) is 0 Å². The van der Waals surface area contributed by atoms with E-state index in [-0.39, 0.29) is 0 Å². The van der Waals surface area contributed by atoms with Crippen LogP contribution in [-0.4, -0.2) is 35.1 Å². The van der Waals surface area contributed by atoms with Crippen LogP contribution in [0.1, 0.15) is 39.0 Å². The fourth-order valence-corrected chi connectivity index (χ4v) is 2.75. The largest absolute Gasteiger partial charge is 0.351 e. The third-order valence-corrected chi connectivity index (χ3v) is 3.90. The van der Waals surface area contributed by atoms with E-state index in [1.807, 2.05) is 19.0 Å². The third-order valence-electron chi connectivity index (χ3n) is 3.90. The molecule has 7 nitrogen and oxygen atoms in total. The van der Waals surface area contributed by atoms with E-state index in [9.17, 15) is 0 Å². The number of nitrogen functional groups attached to an aromatic ring is 1. The Morgan fingerprint density at radius 2 is 1.85 bits per heavy atom. The maximum Gasteiger partial charge on any atom is 0.243 e. The first-order chi connectivity index (χ1) is 9.63. The average molecular weight is 279 g/mol. The number of hydrogen-bond acceptors (Lipinski definition) is 7. The Labute approximate surface area is 120 Å². The molecule has 1 heterocycles. The van der Waals surface area contributed by atoms with Crippen molar-refractivity contribution in [3.63, 3.8) is 0 Å². The Morgan fingerprint density at radius 3 is 2.50 bits per heavy atom. The molecular formula is C13H25N7. The summed E-state index contributed by atoms with van der Waals surface area (Å²) in [6, 6.07) is 0.441. The van der Waals surface area contributed by atoms with Crippen LogP contribution in [0.5, 0.6) is 0 Å². The highest BCUT2D eigenvalue weighted by molar-refractivity contribution is 5.42. The SMILES string of the molecule is CCC1CCCCC1Nc1nc(NN)nc(N(C)C)n1. The van der Waals surface area contributed by atoms with Crippen molar-refractivity contribution in [3.05, 3.63) is 0 Å². The predicted octanol–water partition coefficient (Wildman–Crippen LogP) is 1.60. The van der Waals surface area contributed by atoms with Crippen molar-refractivity contribution in [2.24, 2.45) is 11.8 Å². The van der Waals surface area contributed by atoms with Crippen molar-refractivity contribution in [3.8, 4) is 0 Å². The molecule has 0 amide bonds. The van der Waals surface area contributed by atoms with Crippen LogP contribution in [0, 0.1) is 5.92 Å². The van der Waals surface area contributed by atoms with Crippen LogP contribution in [0.3, 0.4) is 0 Å². The first-order valence-electron chi connectivity index (χ1n) is 7.30. The minimum atomic E-state index is 0.384. The number of rotatable bonds is 5. The minimum Gasteiger partial charge on any atom is -0.351 e. The van der Waals surface area contributed by atoms with Gasteiger partial charge in [-0.15, -0.1) is 0 Å². The summed E-state index contributed by atoms with van der Waals surface area (Å²) < 4.78 is 0. The van der Waals surface area contributed by atoms with Gasteiger partial charge in [-0.05, 0) is 18.8 Å². The lowest BCUT2D eigenvalue weighted by Gasteiger charge is -2.31. The summed E-state index contributed by atoms with van der Waals surface area (Å²) in [5, 5.41) is 3.47. The van der Waals surface area contributed by atoms with Gasteiger partial charge < -0.3 is 10.2 Å². The zero-order valence-electron chi connectivity index (χ0n) is 12.6. The Kier molecular flexibility index (Phi) is 4.94. The summed E-state index contributed by atoms with van der Waals surface area (Å²) in [7, 11) is 3.80. The third kappa shape index (κ3) is 3.47. The van der Waals surface area contributed by atoms with E-state index >= 15 is 0 Å². The van der Waals surface area contributed by atoms with Crippen molar-refractivity contribution in [1.29, 1.82) is 0 Å². The number of nitrogens with zero attached hydrogens (tertiary/aromatic N) is 4. The molecule has 1 aliphatic rings. The molecule has 7 heteroatoms. The molecule has 0 radical (unpaired) electrons. The Balaban J connectivity index is 2.16.